The van der Waals surface area contributed by atoms with E-state index in [0.29, 0.717) is 11.5 Å². The van der Waals surface area contributed by atoms with Crippen molar-refractivity contribution in [2.24, 2.45) is 17.3 Å². The predicted octanol–water partition coefficient (Wildman–Crippen LogP) is 4.11. The molecule has 0 aromatic carbocycles. The smallest absolute Gasteiger partial charge is 0.0672 e. The van der Waals surface area contributed by atoms with E-state index in [1.54, 1.807) is 0 Å². The molecule has 2 nitrogen and oxygen atoms in total. The normalized spacial score (nSPS) is 29.4. The SMILES string of the molecule is CC(C)CNCC1(CCc2cccs2)CCOC1C1CC1. The maximum Gasteiger partial charge on any atom is 0.0672 e. The lowest BCUT2D eigenvalue weighted by atomic mass is 9.75. The maximum absolute atomic E-state index is 6.18. The van der Waals surface area contributed by atoms with Gasteiger partial charge in [0.25, 0.3) is 0 Å². The van der Waals surface area contributed by atoms with Gasteiger partial charge in [-0.3, -0.25) is 0 Å². The Bertz CT molecular complexity index is 426. The van der Waals surface area contributed by atoms with Crippen LogP contribution in [-0.2, 0) is 11.2 Å². The summed E-state index contributed by atoms with van der Waals surface area (Å²) in [6.45, 7) is 7.80. The highest BCUT2D eigenvalue weighted by Gasteiger charge is 2.50. The van der Waals surface area contributed by atoms with Crippen molar-refractivity contribution in [3.63, 3.8) is 0 Å². The number of ether oxygens (including phenoxy) is 1. The molecule has 2 heterocycles. The summed E-state index contributed by atoms with van der Waals surface area (Å²) in [4.78, 5) is 1.53. The van der Waals surface area contributed by atoms with E-state index in [1.807, 2.05) is 11.3 Å². The number of rotatable bonds is 8. The Kier molecular flexibility index (Phi) is 5.03. The molecule has 2 unspecified atom stereocenters. The molecule has 0 spiro atoms. The first-order chi connectivity index (χ1) is 10.2. The molecule has 118 valence electrons. The van der Waals surface area contributed by atoms with Gasteiger partial charge in [-0.25, -0.2) is 0 Å². The Labute approximate surface area is 133 Å². The summed E-state index contributed by atoms with van der Waals surface area (Å²) in [5, 5.41) is 5.93. The fraction of sp³-hybridized carbons (Fsp3) is 0.778. The van der Waals surface area contributed by atoms with Crippen molar-refractivity contribution in [1.82, 2.24) is 5.32 Å². The molecule has 1 aromatic rings. The van der Waals surface area contributed by atoms with Crippen molar-refractivity contribution in [3.05, 3.63) is 22.4 Å². The van der Waals surface area contributed by atoms with Crippen LogP contribution in [0.1, 0.15) is 44.4 Å². The van der Waals surface area contributed by atoms with Crippen molar-refractivity contribution >= 4 is 11.3 Å². The second kappa shape index (κ2) is 6.80. The molecule has 2 fully saturated rings. The van der Waals surface area contributed by atoms with Gasteiger partial charge in [0.05, 0.1) is 6.10 Å². The van der Waals surface area contributed by atoms with Crippen LogP contribution in [0, 0.1) is 17.3 Å². The molecule has 2 atom stereocenters. The average molecular weight is 308 g/mol. The van der Waals surface area contributed by atoms with Gasteiger partial charge in [-0.05, 0) is 61.9 Å². The van der Waals surface area contributed by atoms with Crippen LogP contribution in [0.5, 0.6) is 0 Å². The van der Waals surface area contributed by atoms with Gasteiger partial charge in [-0.1, -0.05) is 19.9 Å². The quantitative estimate of drug-likeness (QED) is 0.780. The van der Waals surface area contributed by atoms with E-state index in [4.69, 9.17) is 4.74 Å². The van der Waals surface area contributed by atoms with Gasteiger partial charge >= 0.3 is 0 Å². The van der Waals surface area contributed by atoms with E-state index >= 15 is 0 Å². The van der Waals surface area contributed by atoms with Gasteiger partial charge < -0.3 is 10.1 Å². The van der Waals surface area contributed by atoms with E-state index in [1.165, 1.54) is 37.0 Å². The van der Waals surface area contributed by atoms with Crippen molar-refractivity contribution in [1.29, 1.82) is 0 Å². The van der Waals surface area contributed by atoms with Crippen LogP contribution in [0.2, 0.25) is 0 Å². The largest absolute Gasteiger partial charge is 0.377 e. The molecule has 1 saturated carbocycles. The van der Waals surface area contributed by atoms with Crippen LogP contribution in [0.3, 0.4) is 0 Å². The monoisotopic (exact) mass is 307 g/mol. The Morgan fingerprint density at radius 1 is 1.43 bits per heavy atom. The van der Waals surface area contributed by atoms with Crippen LogP contribution in [0.15, 0.2) is 17.5 Å². The summed E-state index contributed by atoms with van der Waals surface area (Å²) in [5.74, 6) is 1.57. The molecule has 0 radical (unpaired) electrons. The fourth-order valence-corrected chi connectivity index (χ4v) is 4.43. The van der Waals surface area contributed by atoms with Crippen molar-refractivity contribution in [2.45, 2.75) is 52.1 Å². The van der Waals surface area contributed by atoms with Gasteiger partial charge in [0.2, 0.25) is 0 Å². The molecule has 2 aliphatic rings. The van der Waals surface area contributed by atoms with E-state index in [0.717, 1.165) is 31.5 Å². The molecule has 21 heavy (non-hydrogen) atoms. The zero-order valence-corrected chi connectivity index (χ0v) is 14.3. The second-order valence-electron chi connectivity index (χ2n) is 7.35. The highest BCUT2D eigenvalue weighted by molar-refractivity contribution is 7.09. The maximum atomic E-state index is 6.18. The molecular weight excluding hydrogens is 278 g/mol. The van der Waals surface area contributed by atoms with Gasteiger partial charge in [0, 0.05) is 23.4 Å². The molecule has 1 saturated heterocycles. The predicted molar refractivity (Wildman–Crippen MR) is 89.9 cm³/mol. The number of hydrogen-bond acceptors (Lipinski definition) is 3. The number of aryl methyl sites for hydroxylation is 1. The van der Waals surface area contributed by atoms with E-state index < -0.39 is 0 Å². The minimum Gasteiger partial charge on any atom is -0.377 e. The molecule has 3 heteroatoms. The molecular formula is C18H29NOS. The lowest BCUT2D eigenvalue weighted by molar-refractivity contribution is 0.0265. The fourth-order valence-electron chi connectivity index (χ4n) is 3.72. The molecule has 1 aromatic heterocycles. The summed E-state index contributed by atoms with van der Waals surface area (Å²) >= 11 is 1.90. The summed E-state index contributed by atoms with van der Waals surface area (Å²) in [6.07, 6.45) is 7.01. The lowest BCUT2D eigenvalue weighted by Crippen LogP contribution is -2.43. The number of nitrogens with one attached hydrogen (secondary N) is 1. The summed E-state index contributed by atoms with van der Waals surface area (Å²) in [6, 6.07) is 4.45. The van der Waals surface area contributed by atoms with Crippen molar-refractivity contribution in [3.8, 4) is 0 Å². The molecule has 1 N–H and O–H groups in total. The molecule has 1 aliphatic carbocycles. The number of hydrogen-bond donors (Lipinski definition) is 1. The zero-order valence-electron chi connectivity index (χ0n) is 13.4. The van der Waals surface area contributed by atoms with E-state index in [9.17, 15) is 0 Å². The van der Waals surface area contributed by atoms with Gasteiger partial charge in [-0.2, -0.15) is 0 Å². The molecule has 1 aliphatic heterocycles. The van der Waals surface area contributed by atoms with E-state index in [2.05, 4.69) is 36.7 Å². The van der Waals surface area contributed by atoms with Crippen molar-refractivity contribution < 1.29 is 4.74 Å². The highest BCUT2D eigenvalue weighted by atomic mass is 32.1. The van der Waals surface area contributed by atoms with Crippen LogP contribution in [-0.4, -0.2) is 25.8 Å². The third-order valence-electron chi connectivity index (χ3n) is 5.03. The van der Waals surface area contributed by atoms with Gasteiger partial charge in [0.15, 0.2) is 0 Å². The molecule has 3 rings (SSSR count). The van der Waals surface area contributed by atoms with E-state index in [-0.39, 0.29) is 0 Å². The first-order valence-electron chi connectivity index (χ1n) is 8.54. The first kappa shape index (κ1) is 15.5. The molecule has 0 amide bonds. The Balaban J connectivity index is 1.64. The summed E-state index contributed by atoms with van der Waals surface area (Å²) < 4.78 is 6.18. The zero-order chi connectivity index (χ0) is 14.7. The van der Waals surface area contributed by atoms with Crippen molar-refractivity contribution in [2.75, 3.05) is 19.7 Å². The second-order valence-corrected chi connectivity index (χ2v) is 8.38. The van der Waals surface area contributed by atoms with Crippen LogP contribution < -0.4 is 5.32 Å². The topological polar surface area (TPSA) is 21.3 Å². The minimum absolute atomic E-state index is 0.375. The van der Waals surface area contributed by atoms with Crippen LogP contribution in [0.25, 0.3) is 0 Å². The third-order valence-corrected chi connectivity index (χ3v) is 5.97. The standard InChI is InChI=1S/C18H29NOS/c1-14(2)12-19-13-18(8-7-16-4-3-11-21-16)9-10-20-17(18)15-5-6-15/h3-4,11,14-15,17,19H,5-10,12-13H2,1-2H3. The highest BCUT2D eigenvalue weighted by Crippen LogP contribution is 2.49. The lowest BCUT2D eigenvalue weighted by Gasteiger charge is -2.35. The Hall–Kier alpha value is -0.380. The van der Waals surface area contributed by atoms with Gasteiger partial charge in [0.1, 0.15) is 0 Å². The van der Waals surface area contributed by atoms with Gasteiger partial charge in [-0.15, -0.1) is 11.3 Å². The average Bonchev–Trinajstić information content (AvgIpc) is 3.00. The third kappa shape index (κ3) is 3.88. The minimum atomic E-state index is 0.375. The summed E-state index contributed by atoms with van der Waals surface area (Å²) in [7, 11) is 0. The first-order valence-corrected chi connectivity index (χ1v) is 9.42. The Morgan fingerprint density at radius 2 is 2.29 bits per heavy atom. The summed E-state index contributed by atoms with van der Waals surface area (Å²) in [5.41, 5.74) is 0.375. The molecule has 0 bridgehead atoms. The number of thiophene rings is 1. The Morgan fingerprint density at radius 3 is 2.95 bits per heavy atom. The van der Waals surface area contributed by atoms with Crippen LogP contribution >= 0.6 is 11.3 Å². The van der Waals surface area contributed by atoms with Crippen LogP contribution in [0.4, 0.5) is 0 Å².